The summed E-state index contributed by atoms with van der Waals surface area (Å²) < 4.78 is 0. The lowest BCUT2D eigenvalue weighted by Crippen LogP contribution is -2.42. The topological polar surface area (TPSA) is 62.3 Å². The van der Waals surface area contributed by atoms with E-state index in [-0.39, 0.29) is 24.3 Å². The number of pyridine rings is 1. The first-order valence-corrected chi connectivity index (χ1v) is 7.59. The minimum Gasteiger partial charge on any atom is -0.354 e. The number of amides is 2. The molecule has 1 aromatic heterocycles. The summed E-state index contributed by atoms with van der Waals surface area (Å²) in [6.07, 6.45) is 2.77. The number of hydrogen-bond donors (Lipinski definition) is 1. The monoisotopic (exact) mass is 293 g/mol. The number of carbonyl (C=O) groups is 2. The lowest BCUT2D eigenvalue weighted by Gasteiger charge is -2.29. The summed E-state index contributed by atoms with van der Waals surface area (Å²) in [5.74, 6) is -0.132. The fourth-order valence-corrected chi connectivity index (χ4v) is 3.19. The number of nitrogens with zero attached hydrogens (tertiary/aromatic N) is 2. The number of hydrogen-bond acceptors (Lipinski definition) is 4. The van der Waals surface area contributed by atoms with Crippen LogP contribution in [0.25, 0.3) is 0 Å². The normalized spacial score (nSPS) is 19.4. The van der Waals surface area contributed by atoms with Crippen LogP contribution in [0.2, 0.25) is 0 Å². The van der Waals surface area contributed by atoms with Crippen LogP contribution < -0.4 is 10.2 Å². The highest BCUT2D eigenvalue weighted by Crippen LogP contribution is 2.37. The molecule has 2 heterocycles. The van der Waals surface area contributed by atoms with Crippen molar-refractivity contribution in [3.05, 3.63) is 18.3 Å². The first kappa shape index (κ1) is 14.8. The Morgan fingerprint density at radius 1 is 1.60 bits per heavy atom. The third-order valence-corrected chi connectivity index (χ3v) is 4.55. The van der Waals surface area contributed by atoms with Crippen LogP contribution in [0.5, 0.6) is 0 Å². The number of fused-ring (bicyclic) bond motifs is 1. The predicted molar refractivity (Wildman–Crippen MR) is 79.8 cm³/mol. The third-order valence-electron chi connectivity index (χ3n) is 3.36. The molecule has 0 unspecified atom stereocenters. The van der Waals surface area contributed by atoms with Gasteiger partial charge >= 0.3 is 0 Å². The van der Waals surface area contributed by atoms with Gasteiger partial charge in [0.15, 0.2) is 0 Å². The van der Waals surface area contributed by atoms with Gasteiger partial charge in [0.25, 0.3) is 0 Å². The van der Waals surface area contributed by atoms with E-state index >= 15 is 0 Å². The number of thioether (sulfide) groups is 1. The highest BCUT2D eigenvalue weighted by molar-refractivity contribution is 8.00. The average Bonchev–Trinajstić information content (AvgIpc) is 2.44. The van der Waals surface area contributed by atoms with E-state index in [0.29, 0.717) is 0 Å². The van der Waals surface area contributed by atoms with Gasteiger partial charge < -0.3 is 10.2 Å². The van der Waals surface area contributed by atoms with Crippen LogP contribution in [0.1, 0.15) is 26.7 Å². The molecule has 0 saturated carbocycles. The first-order valence-electron chi connectivity index (χ1n) is 6.71. The molecule has 0 spiro atoms. The molecule has 0 aromatic carbocycles. The van der Waals surface area contributed by atoms with Crippen LogP contribution in [-0.4, -0.2) is 35.1 Å². The molecule has 0 aliphatic carbocycles. The zero-order valence-corrected chi connectivity index (χ0v) is 12.7. The van der Waals surface area contributed by atoms with Crippen molar-refractivity contribution < 1.29 is 9.59 Å². The van der Waals surface area contributed by atoms with Crippen LogP contribution in [-0.2, 0) is 9.59 Å². The molecule has 0 saturated heterocycles. The molecule has 2 rings (SSSR count). The van der Waals surface area contributed by atoms with Crippen molar-refractivity contribution in [3.63, 3.8) is 0 Å². The Morgan fingerprint density at radius 2 is 2.35 bits per heavy atom. The molecule has 1 aromatic rings. The van der Waals surface area contributed by atoms with Gasteiger partial charge in [-0.15, -0.1) is 0 Å². The standard InChI is InChI=1S/C14H19N3O2S/c1-4-9(2)16-12(18)8-11-14(19)17(3)10-6-5-7-15-13(10)20-11/h5-7,9,11H,4,8H2,1-3H3,(H,16,18)/t9-,11+/m1/s1. The molecule has 1 aliphatic heterocycles. The SMILES string of the molecule is CC[C@@H](C)NC(=O)C[C@@H]1Sc2ncccc2N(C)C1=O. The maximum atomic E-state index is 12.3. The Bertz CT molecular complexity index is 521. The van der Waals surface area contributed by atoms with Crippen molar-refractivity contribution in [3.8, 4) is 0 Å². The first-order chi connectivity index (χ1) is 9.52. The van der Waals surface area contributed by atoms with E-state index in [0.717, 1.165) is 17.1 Å². The molecule has 108 valence electrons. The van der Waals surface area contributed by atoms with Crippen LogP contribution in [0.15, 0.2) is 23.4 Å². The van der Waals surface area contributed by atoms with Crippen molar-refractivity contribution in [2.75, 3.05) is 11.9 Å². The van der Waals surface area contributed by atoms with Gasteiger partial charge in [0.1, 0.15) is 5.03 Å². The second kappa shape index (κ2) is 6.26. The Balaban J connectivity index is 2.07. The molecule has 2 atom stereocenters. The molecule has 1 aliphatic rings. The van der Waals surface area contributed by atoms with E-state index in [9.17, 15) is 9.59 Å². The molecule has 0 bridgehead atoms. The summed E-state index contributed by atoms with van der Waals surface area (Å²) in [6, 6.07) is 3.80. The molecule has 1 N–H and O–H groups in total. The highest BCUT2D eigenvalue weighted by Gasteiger charge is 2.33. The largest absolute Gasteiger partial charge is 0.354 e. The van der Waals surface area contributed by atoms with E-state index < -0.39 is 5.25 Å². The van der Waals surface area contributed by atoms with Gasteiger partial charge in [-0.05, 0) is 25.5 Å². The lowest BCUT2D eigenvalue weighted by molar-refractivity contribution is -0.125. The molecule has 6 heteroatoms. The molecule has 0 fully saturated rings. The van der Waals surface area contributed by atoms with Gasteiger partial charge in [-0.3, -0.25) is 9.59 Å². The van der Waals surface area contributed by atoms with Crippen molar-refractivity contribution >= 4 is 29.3 Å². The molecule has 0 radical (unpaired) electrons. The fraction of sp³-hybridized carbons (Fsp3) is 0.500. The minimum absolute atomic E-state index is 0.0465. The minimum atomic E-state index is -0.397. The van der Waals surface area contributed by atoms with E-state index in [2.05, 4.69) is 10.3 Å². The van der Waals surface area contributed by atoms with Gasteiger partial charge in [-0.2, -0.15) is 0 Å². The fourth-order valence-electron chi connectivity index (χ4n) is 1.98. The van der Waals surface area contributed by atoms with Gasteiger partial charge in [-0.1, -0.05) is 18.7 Å². The highest BCUT2D eigenvalue weighted by atomic mass is 32.2. The lowest BCUT2D eigenvalue weighted by atomic mass is 10.2. The average molecular weight is 293 g/mol. The van der Waals surface area contributed by atoms with Crippen molar-refractivity contribution in [2.45, 2.75) is 43.0 Å². The van der Waals surface area contributed by atoms with Crippen LogP contribution >= 0.6 is 11.8 Å². The van der Waals surface area contributed by atoms with Crippen molar-refractivity contribution in [1.29, 1.82) is 0 Å². The molecular weight excluding hydrogens is 274 g/mol. The maximum Gasteiger partial charge on any atom is 0.240 e. The number of carbonyl (C=O) groups excluding carboxylic acids is 2. The van der Waals surface area contributed by atoms with Gasteiger partial charge in [0.2, 0.25) is 11.8 Å². The summed E-state index contributed by atoms with van der Waals surface area (Å²) in [5.41, 5.74) is 0.807. The molecule has 2 amide bonds. The van der Waals surface area contributed by atoms with E-state index in [4.69, 9.17) is 0 Å². The molecular formula is C14H19N3O2S. The van der Waals surface area contributed by atoms with Crippen LogP contribution in [0.4, 0.5) is 5.69 Å². The smallest absolute Gasteiger partial charge is 0.240 e. The Labute approximate surface area is 123 Å². The second-order valence-electron chi connectivity index (χ2n) is 4.91. The van der Waals surface area contributed by atoms with Crippen LogP contribution in [0.3, 0.4) is 0 Å². The Hall–Kier alpha value is -1.56. The quantitative estimate of drug-likeness (QED) is 0.920. The van der Waals surface area contributed by atoms with Gasteiger partial charge in [0, 0.05) is 25.7 Å². The summed E-state index contributed by atoms with van der Waals surface area (Å²) in [7, 11) is 1.72. The van der Waals surface area contributed by atoms with Crippen molar-refractivity contribution in [1.82, 2.24) is 10.3 Å². The third kappa shape index (κ3) is 3.12. The summed E-state index contributed by atoms with van der Waals surface area (Å²) in [4.78, 5) is 30.1. The Kier molecular flexibility index (Phi) is 4.65. The van der Waals surface area contributed by atoms with E-state index in [1.54, 1.807) is 24.2 Å². The number of nitrogens with one attached hydrogen (secondary N) is 1. The number of anilines is 1. The summed E-state index contributed by atoms with van der Waals surface area (Å²) in [5, 5.41) is 3.30. The van der Waals surface area contributed by atoms with Crippen molar-refractivity contribution in [2.24, 2.45) is 0 Å². The summed E-state index contributed by atoms with van der Waals surface area (Å²) in [6.45, 7) is 3.97. The second-order valence-corrected chi connectivity index (χ2v) is 6.10. The molecule has 5 nitrogen and oxygen atoms in total. The van der Waals surface area contributed by atoms with E-state index in [1.807, 2.05) is 19.9 Å². The number of aromatic nitrogens is 1. The predicted octanol–water partition coefficient (Wildman–Crippen LogP) is 1.82. The summed E-state index contributed by atoms with van der Waals surface area (Å²) >= 11 is 1.37. The van der Waals surface area contributed by atoms with Gasteiger partial charge in [-0.25, -0.2) is 4.98 Å². The van der Waals surface area contributed by atoms with Crippen LogP contribution in [0, 0.1) is 0 Å². The van der Waals surface area contributed by atoms with Gasteiger partial charge in [0.05, 0.1) is 10.9 Å². The number of rotatable bonds is 4. The van der Waals surface area contributed by atoms with E-state index in [1.165, 1.54) is 11.8 Å². The molecule has 20 heavy (non-hydrogen) atoms. The maximum absolute atomic E-state index is 12.3. The zero-order valence-electron chi connectivity index (χ0n) is 11.9. The zero-order chi connectivity index (χ0) is 14.7. The Morgan fingerprint density at radius 3 is 3.05 bits per heavy atom.